The van der Waals surface area contributed by atoms with E-state index in [0.717, 1.165) is 0 Å². The van der Waals surface area contributed by atoms with Crippen LogP contribution in [0.15, 0.2) is 69.9 Å². The highest BCUT2D eigenvalue weighted by molar-refractivity contribution is 6.34. The minimum atomic E-state index is -0.691. The lowest BCUT2D eigenvalue weighted by Crippen LogP contribution is -2.10. The van der Waals surface area contributed by atoms with E-state index in [1.807, 2.05) is 0 Å². The molecule has 4 rings (SSSR count). The van der Waals surface area contributed by atoms with Crippen LogP contribution in [-0.2, 0) is 9.53 Å². The number of furan rings is 1. The Morgan fingerprint density at radius 2 is 1.90 bits per heavy atom. The number of carbonyl (C=O) groups is 2. The van der Waals surface area contributed by atoms with Crippen molar-refractivity contribution in [3.8, 4) is 11.5 Å². The van der Waals surface area contributed by atoms with E-state index in [9.17, 15) is 9.59 Å². The lowest BCUT2D eigenvalue weighted by atomic mass is 10.1. The zero-order valence-electron chi connectivity index (χ0n) is 15.9. The maximum absolute atomic E-state index is 12.5. The number of carbonyl (C=O) groups excluding carboxylic acids is 2. The van der Waals surface area contributed by atoms with Crippen molar-refractivity contribution in [2.24, 2.45) is 4.99 Å². The largest absolute Gasteiger partial charge is 0.493 e. The number of ether oxygens (including phenoxy) is 3. The first-order valence-corrected chi connectivity index (χ1v) is 9.62. The van der Waals surface area contributed by atoms with Gasteiger partial charge in [0.05, 0.1) is 29.0 Å². The first kappa shape index (κ1) is 20.7. The molecule has 3 aromatic rings. The molecule has 156 valence electrons. The summed E-state index contributed by atoms with van der Waals surface area (Å²) in [7, 11) is 1.40. The zero-order chi connectivity index (χ0) is 22.0. The zero-order valence-corrected chi connectivity index (χ0v) is 17.4. The van der Waals surface area contributed by atoms with Gasteiger partial charge in [-0.15, -0.1) is 0 Å². The second-order valence-corrected chi connectivity index (χ2v) is 7.03. The van der Waals surface area contributed by atoms with Crippen LogP contribution in [-0.4, -0.2) is 24.9 Å². The summed E-state index contributed by atoms with van der Waals surface area (Å²) < 4.78 is 21.0. The number of benzene rings is 2. The van der Waals surface area contributed by atoms with Crippen LogP contribution in [0.4, 0.5) is 0 Å². The Kier molecular flexibility index (Phi) is 5.79. The predicted octanol–water partition coefficient (Wildman–Crippen LogP) is 5.16. The van der Waals surface area contributed by atoms with Gasteiger partial charge in [-0.25, -0.2) is 14.6 Å². The van der Waals surface area contributed by atoms with Crippen molar-refractivity contribution in [2.75, 3.05) is 7.11 Å². The van der Waals surface area contributed by atoms with E-state index >= 15 is 0 Å². The van der Waals surface area contributed by atoms with E-state index in [2.05, 4.69) is 4.99 Å². The Balaban J connectivity index is 1.64. The monoisotopic (exact) mass is 457 g/mol. The van der Waals surface area contributed by atoms with Crippen LogP contribution in [0.5, 0.6) is 11.5 Å². The number of esters is 2. The summed E-state index contributed by atoms with van der Waals surface area (Å²) in [5.74, 6) is -0.746. The number of halogens is 2. The molecule has 9 heteroatoms. The minimum absolute atomic E-state index is 0.0185. The number of rotatable bonds is 5. The second-order valence-electron chi connectivity index (χ2n) is 6.22. The van der Waals surface area contributed by atoms with Gasteiger partial charge in [0, 0.05) is 0 Å². The highest BCUT2D eigenvalue weighted by Crippen LogP contribution is 2.38. The highest BCUT2D eigenvalue weighted by atomic mass is 35.5. The lowest BCUT2D eigenvalue weighted by molar-refractivity contribution is -0.130. The van der Waals surface area contributed by atoms with Crippen molar-refractivity contribution >= 4 is 47.1 Å². The second kappa shape index (κ2) is 8.67. The molecule has 0 saturated heterocycles. The Labute approximate surface area is 186 Å². The molecule has 0 unspecified atom stereocenters. The van der Waals surface area contributed by atoms with Crippen LogP contribution < -0.4 is 9.47 Å². The topological polar surface area (TPSA) is 87.3 Å². The maximum Gasteiger partial charge on any atom is 0.363 e. The summed E-state index contributed by atoms with van der Waals surface area (Å²) >= 11 is 12.4. The van der Waals surface area contributed by atoms with E-state index in [-0.39, 0.29) is 38.7 Å². The summed E-state index contributed by atoms with van der Waals surface area (Å²) in [5, 5.41) is 0.335. The Bertz CT molecular complexity index is 1230. The SMILES string of the molecule is COc1cc(/C=C2\N=C(c3ccco3)OC2=O)cc(Cl)c1OC(=O)c1ccccc1Cl. The van der Waals surface area contributed by atoms with Gasteiger partial charge in [-0.3, -0.25) is 0 Å². The smallest absolute Gasteiger partial charge is 0.363 e. The first-order valence-electron chi connectivity index (χ1n) is 8.87. The third kappa shape index (κ3) is 4.33. The van der Waals surface area contributed by atoms with Crippen molar-refractivity contribution in [1.29, 1.82) is 0 Å². The molecule has 0 N–H and O–H groups in total. The van der Waals surface area contributed by atoms with Crippen LogP contribution in [0.2, 0.25) is 10.0 Å². The maximum atomic E-state index is 12.5. The lowest BCUT2D eigenvalue weighted by Gasteiger charge is -2.12. The fraction of sp³-hybridized carbons (Fsp3) is 0.0455. The quantitative estimate of drug-likeness (QED) is 0.298. The van der Waals surface area contributed by atoms with Crippen molar-refractivity contribution in [1.82, 2.24) is 0 Å². The van der Waals surface area contributed by atoms with Gasteiger partial charge in [0.15, 0.2) is 23.0 Å². The molecule has 31 heavy (non-hydrogen) atoms. The van der Waals surface area contributed by atoms with E-state index in [1.165, 1.54) is 31.6 Å². The molecule has 1 aliphatic rings. The third-order valence-electron chi connectivity index (χ3n) is 4.20. The fourth-order valence-electron chi connectivity index (χ4n) is 2.77. The third-order valence-corrected chi connectivity index (χ3v) is 4.81. The summed E-state index contributed by atoms with van der Waals surface area (Å²) in [6, 6.07) is 12.8. The molecular weight excluding hydrogens is 445 g/mol. The van der Waals surface area contributed by atoms with Gasteiger partial charge in [-0.2, -0.15) is 0 Å². The van der Waals surface area contributed by atoms with E-state index in [1.54, 1.807) is 36.4 Å². The average molecular weight is 458 g/mol. The number of methoxy groups -OCH3 is 1. The van der Waals surface area contributed by atoms with Crippen LogP contribution in [0.1, 0.15) is 21.7 Å². The molecule has 0 fully saturated rings. The molecular formula is C22H13Cl2NO6. The van der Waals surface area contributed by atoms with E-state index < -0.39 is 11.9 Å². The molecule has 0 bridgehead atoms. The minimum Gasteiger partial charge on any atom is -0.493 e. The number of hydrogen-bond acceptors (Lipinski definition) is 7. The molecule has 0 saturated carbocycles. The highest BCUT2D eigenvalue weighted by Gasteiger charge is 2.26. The van der Waals surface area contributed by atoms with E-state index in [4.69, 9.17) is 41.8 Å². The van der Waals surface area contributed by atoms with Crippen LogP contribution in [0, 0.1) is 0 Å². The number of nitrogens with zero attached hydrogens (tertiary/aromatic N) is 1. The molecule has 2 heterocycles. The Morgan fingerprint density at radius 3 is 2.61 bits per heavy atom. The summed E-state index contributed by atoms with van der Waals surface area (Å²) in [4.78, 5) is 28.8. The summed E-state index contributed by atoms with van der Waals surface area (Å²) in [6.07, 6.45) is 2.91. The van der Waals surface area contributed by atoms with Gasteiger partial charge in [0.25, 0.3) is 5.90 Å². The van der Waals surface area contributed by atoms with Gasteiger partial charge in [-0.05, 0) is 48.0 Å². The molecule has 0 atom stereocenters. The van der Waals surface area contributed by atoms with Gasteiger partial charge >= 0.3 is 11.9 Å². The fourth-order valence-corrected chi connectivity index (χ4v) is 3.24. The Morgan fingerprint density at radius 1 is 1.10 bits per heavy atom. The van der Waals surface area contributed by atoms with Crippen LogP contribution in [0.25, 0.3) is 6.08 Å². The number of aliphatic imine (C=N–C) groups is 1. The molecule has 0 spiro atoms. The van der Waals surface area contributed by atoms with Crippen molar-refractivity contribution in [2.45, 2.75) is 0 Å². The van der Waals surface area contributed by atoms with Crippen LogP contribution in [0.3, 0.4) is 0 Å². The van der Waals surface area contributed by atoms with Crippen molar-refractivity contribution in [3.05, 3.63) is 87.4 Å². The van der Waals surface area contributed by atoms with Crippen molar-refractivity contribution in [3.63, 3.8) is 0 Å². The molecule has 0 amide bonds. The molecule has 2 aromatic carbocycles. The molecule has 0 radical (unpaired) electrons. The summed E-state index contributed by atoms with van der Waals surface area (Å²) in [5.41, 5.74) is 0.711. The first-order chi connectivity index (χ1) is 15.0. The standard InChI is InChI=1S/C22H13Cl2NO6/c1-28-18-11-12(10-16-22(27)31-20(25-16)17-7-4-8-29-17)9-15(24)19(18)30-21(26)13-5-2-3-6-14(13)23/h2-11H,1H3/b16-10-. The van der Waals surface area contributed by atoms with Gasteiger partial charge < -0.3 is 18.6 Å². The van der Waals surface area contributed by atoms with Gasteiger partial charge in [0.1, 0.15) is 0 Å². The number of hydrogen-bond donors (Lipinski definition) is 0. The number of cyclic esters (lactones) is 1. The average Bonchev–Trinajstić information content (AvgIpc) is 3.40. The van der Waals surface area contributed by atoms with E-state index in [0.29, 0.717) is 11.3 Å². The Hall–Kier alpha value is -3.55. The normalized spacial score (nSPS) is 14.4. The van der Waals surface area contributed by atoms with Crippen LogP contribution >= 0.6 is 23.2 Å². The molecule has 7 nitrogen and oxygen atoms in total. The summed E-state index contributed by atoms with van der Waals surface area (Å²) in [6.45, 7) is 0. The predicted molar refractivity (Wildman–Crippen MR) is 114 cm³/mol. The molecule has 1 aromatic heterocycles. The van der Waals surface area contributed by atoms with Gasteiger partial charge in [0.2, 0.25) is 0 Å². The molecule has 0 aliphatic carbocycles. The van der Waals surface area contributed by atoms with Gasteiger partial charge in [-0.1, -0.05) is 35.3 Å². The van der Waals surface area contributed by atoms with Crippen molar-refractivity contribution < 1.29 is 28.2 Å². The molecule has 1 aliphatic heterocycles.